The van der Waals surface area contributed by atoms with Crippen molar-refractivity contribution in [3.8, 4) is 0 Å². The first-order chi connectivity index (χ1) is 6.75. The van der Waals surface area contributed by atoms with Gasteiger partial charge in [0.05, 0.1) is 12.2 Å². The lowest BCUT2D eigenvalue weighted by atomic mass is 10.2. The van der Waals surface area contributed by atoms with E-state index in [1.165, 1.54) is 6.42 Å². The topological polar surface area (TPSA) is 36.1 Å². The van der Waals surface area contributed by atoms with Crippen LogP contribution in [0, 0.1) is 5.92 Å². The third kappa shape index (κ3) is 2.04. The van der Waals surface area contributed by atoms with E-state index in [9.17, 15) is 4.79 Å². The van der Waals surface area contributed by atoms with Gasteiger partial charge in [-0.05, 0) is 31.0 Å². The Labute approximate surface area is 84.1 Å². The second kappa shape index (κ2) is 3.96. The SMILES string of the molecule is CC1CCN(CC(=O)c2ccc[nH]2)C1. The van der Waals surface area contributed by atoms with Gasteiger partial charge in [0, 0.05) is 12.7 Å². The Hall–Kier alpha value is -1.09. The van der Waals surface area contributed by atoms with Gasteiger partial charge >= 0.3 is 0 Å². The molecule has 1 aromatic heterocycles. The Bertz CT molecular complexity index is 305. The Morgan fingerprint density at radius 2 is 2.57 bits per heavy atom. The standard InChI is InChI=1S/C11H16N2O/c1-9-4-6-13(7-9)8-11(14)10-3-2-5-12-10/h2-3,5,9,12H,4,6-8H2,1H3. The number of Topliss-reactive ketones (excluding diaryl/α,β-unsaturated/α-hetero) is 1. The molecule has 3 heteroatoms. The first kappa shape index (κ1) is 9.46. The fourth-order valence-electron chi connectivity index (χ4n) is 1.96. The van der Waals surface area contributed by atoms with Crippen LogP contribution in [0.1, 0.15) is 23.8 Å². The van der Waals surface area contributed by atoms with E-state index < -0.39 is 0 Å². The maximum Gasteiger partial charge on any atom is 0.192 e. The predicted molar refractivity (Wildman–Crippen MR) is 55.3 cm³/mol. The molecule has 1 aliphatic heterocycles. The predicted octanol–water partition coefficient (Wildman–Crippen LogP) is 1.54. The lowest BCUT2D eigenvalue weighted by Crippen LogP contribution is -2.27. The number of likely N-dealkylation sites (tertiary alicyclic amines) is 1. The van der Waals surface area contributed by atoms with Crippen LogP contribution in [0.5, 0.6) is 0 Å². The molecule has 0 aromatic carbocycles. The van der Waals surface area contributed by atoms with Crippen LogP contribution in [-0.4, -0.2) is 35.3 Å². The maximum atomic E-state index is 11.7. The van der Waals surface area contributed by atoms with Gasteiger partial charge in [0.25, 0.3) is 0 Å². The van der Waals surface area contributed by atoms with Crippen molar-refractivity contribution in [2.45, 2.75) is 13.3 Å². The fraction of sp³-hybridized carbons (Fsp3) is 0.545. The minimum Gasteiger partial charge on any atom is -0.359 e. The molecule has 76 valence electrons. The maximum absolute atomic E-state index is 11.7. The summed E-state index contributed by atoms with van der Waals surface area (Å²) in [5, 5.41) is 0. The first-order valence-electron chi connectivity index (χ1n) is 5.14. The van der Waals surface area contributed by atoms with E-state index in [-0.39, 0.29) is 5.78 Å². The van der Waals surface area contributed by atoms with Crippen molar-refractivity contribution >= 4 is 5.78 Å². The van der Waals surface area contributed by atoms with Crippen LogP contribution in [-0.2, 0) is 0 Å². The van der Waals surface area contributed by atoms with Crippen molar-refractivity contribution in [1.82, 2.24) is 9.88 Å². The number of nitrogens with zero attached hydrogens (tertiary/aromatic N) is 1. The van der Waals surface area contributed by atoms with Crippen LogP contribution in [0.2, 0.25) is 0 Å². The number of hydrogen-bond acceptors (Lipinski definition) is 2. The molecule has 0 spiro atoms. The van der Waals surface area contributed by atoms with Crippen LogP contribution in [0.4, 0.5) is 0 Å². The summed E-state index contributed by atoms with van der Waals surface area (Å²) >= 11 is 0. The highest BCUT2D eigenvalue weighted by molar-refractivity contribution is 5.95. The highest BCUT2D eigenvalue weighted by Gasteiger charge is 2.21. The minimum atomic E-state index is 0.198. The second-order valence-corrected chi connectivity index (χ2v) is 4.14. The summed E-state index contributed by atoms with van der Waals surface area (Å²) in [5.74, 6) is 0.940. The quantitative estimate of drug-likeness (QED) is 0.737. The van der Waals surface area contributed by atoms with Crippen LogP contribution in [0.3, 0.4) is 0 Å². The largest absolute Gasteiger partial charge is 0.359 e. The molecule has 0 bridgehead atoms. The van der Waals surface area contributed by atoms with Crippen LogP contribution >= 0.6 is 0 Å². The van der Waals surface area contributed by atoms with Gasteiger partial charge in [0.2, 0.25) is 0 Å². The number of aromatic amines is 1. The van der Waals surface area contributed by atoms with Crippen LogP contribution in [0.25, 0.3) is 0 Å². The molecule has 1 unspecified atom stereocenters. The van der Waals surface area contributed by atoms with Gasteiger partial charge in [0.15, 0.2) is 5.78 Å². The molecule has 0 amide bonds. The summed E-state index contributed by atoms with van der Waals surface area (Å²) in [4.78, 5) is 16.9. The van der Waals surface area contributed by atoms with Crippen LogP contribution in [0.15, 0.2) is 18.3 Å². The van der Waals surface area contributed by atoms with Gasteiger partial charge < -0.3 is 4.98 Å². The van der Waals surface area contributed by atoms with E-state index in [4.69, 9.17) is 0 Å². The summed E-state index contributed by atoms with van der Waals surface area (Å²) in [7, 11) is 0. The number of aromatic nitrogens is 1. The molecule has 1 saturated heterocycles. The zero-order valence-corrected chi connectivity index (χ0v) is 8.49. The molecule has 3 nitrogen and oxygen atoms in total. The van der Waals surface area contributed by atoms with Crippen molar-refractivity contribution in [1.29, 1.82) is 0 Å². The molecule has 0 radical (unpaired) electrons. The summed E-state index contributed by atoms with van der Waals surface area (Å²) < 4.78 is 0. The molecule has 1 atom stereocenters. The average molecular weight is 192 g/mol. The van der Waals surface area contributed by atoms with E-state index in [0.29, 0.717) is 6.54 Å². The van der Waals surface area contributed by atoms with Crippen molar-refractivity contribution in [3.63, 3.8) is 0 Å². The van der Waals surface area contributed by atoms with Gasteiger partial charge in [-0.2, -0.15) is 0 Å². The smallest absolute Gasteiger partial charge is 0.192 e. The molecular weight excluding hydrogens is 176 g/mol. The average Bonchev–Trinajstić information content (AvgIpc) is 2.75. The number of nitrogens with one attached hydrogen (secondary N) is 1. The van der Waals surface area contributed by atoms with Gasteiger partial charge in [-0.1, -0.05) is 6.92 Å². The number of carbonyl (C=O) groups is 1. The van der Waals surface area contributed by atoms with Crippen molar-refractivity contribution in [3.05, 3.63) is 24.0 Å². The first-order valence-corrected chi connectivity index (χ1v) is 5.14. The van der Waals surface area contributed by atoms with Gasteiger partial charge in [-0.25, -0.2) is 0 Å². The Morgan fingerprint density at radius 1 is 1.71 bits per heavy atom. The molecule has 1 aromatic rings. The summed E-state index contributed by atoms with van der Waals surface area (Å²) in [5.41, 5.74) is 0.726. The summed E-state index contributed by atoms with van der Waals surface area (Å²) in [6, 6.07) is 3.70. The van der Waals surface area contributed by atoms with Crippen molar-refractivity contribution < 1.29 is 4.79 Å². The molecule has 1 fully saturated rings. The van der Waals surface area contributed by atoms with E-state index in [1.54, 1.807) is 6.20 Å². The van der Waals surface area contributed by atoms with Crippen molar-refractivity contribution in [2.24, 2.45) is 5.92 Å². The minimum absolute atomic E-state index is 0.198. The third-order valence-electron chi connectivity index (χ3n) is 2.77. The fourth-order valence-corrected chi connectivity index (χ4v) is 1.96. The van der Waals surface area contributed by atoms with Crippen LogP contribution < -0.4 is 0 Å². The van der Waals surface area contributed by atoms with Gasteiger partial charge in [0.1, 0.15) is 0 Å². The zero-order valence-electron chi connectivity index (χ0n) is 8.49. The molecule has 0 aliphatic carbocycles. The Morgan fingerprint density at radius 3 is 3.14 bits per heavy atom. The van der Waals surface area contributed by atoms with E-state index >= 15 is 0 Å². The number of hydrogen-bond donors (Lipinski definition) is 1. The Kier molecular flexibility index (Phi) is 2.68. The van der Waals surface area contributed by atoms with Crippen molar-refractivity contribution in [2.75, 3.05) is 19.6 Å². The lowest BCUT2D eigenvalue weighted by molar-refractivity contribution is 0.0939. The number of rotatable bonds is 3. The van der Waals surface area contributed by atoms with Gasteiger partial charge in [-0.15, -0.1) is 0 Å². The van der Waals surface area contributed by atoms with E-state index in [2.05, 4.69) is 16.8 Å². The number of carbonyl (C=O) groups excluding carboxylic acids is 1. The number of H-pyrrole nitrogens is 1. The highest BCUT2D eigenvalue weighted by Crippen LogP contribution is 2.15. The second-order valence-electron chi connectivity index (χ2n) is 4.14. The molecule has 0 saturated carbocycles. The molecule has 14 heavy (non-hydrogen) atoms. The van der Waals surface area contributed by atoms with E-state index in [1.807, 2.05) is 12.1 Å². The monoisotopic (exact) mass is 192 g/mol. The summed E-state index contributed by atoms with van der Waals surface area (Å²) in [6.07, 6.45) is 3.01. The lowest BCUT2D eigenvalue weighted by Gasteiger charge is -2.13. The Balaban J connectivity index is 1.89. The molecular formula is C11H16N2O. The zero-order chi connectivity index (χ0) is 9.97. The molecule has 1 N–H and O–H groups in total. The van der Waals surface area contributed by atoms with Gasteiger partial charge in [-0.3, -0.25) is 9.69 Å². The molecule has 2 heterocycles. The molecule has 1 aliphatic rings. The normalized spacial score (nSPS) is 22.8. The highest BCUT2D eigenvalue weighted by atomic mass is 16.1. The third-order valence-corrected chi connectivity index (χ3v) is 2.77. The van der Waals surface area contributed by atoms with E-state index in [0.717, 1.165) is 24.7 Å². The number of ketones is 1. The molecule has 2 rings (SSSR count). The summed E-state index contributed by atoms with van der Waals surface area (Å²) in [6.45, 7) is 4.92.